The first kappa shape index (κ1) is 17.5. The average Bonchev–Trinajstić information content (AvgIpc) is 3.32. The molecular formula is C18H17N7O3. The van der Waals surface area contributed by atoms with Gasteiger partial charge in [0.15, 0.2) is 11.5 Å². The maximum atomic E-state index is 10.6. The van der Waals surface area contributed by atoms with Crippen LogP contribution in [0.1, 0.15) is 6.92 Å². The number of pyridine rings is 1. The van der Waals surface area contributed by atoms with Crippen LogP contribution >= 0.6 is 0 Å². The third-order valence-corrected chi connectivity index (χ3v) is 4.14. The van der Waals surface area contributed by atoms with Crippen molar-refractivity contribution in [1.29, 1.82) is 0 Å². The number of carbonyl (C=O) groups excluding carboxylic acids is 1. The number of imidazole rings is 1. The summed E-state index contributed by atoms with van der Waals surface area (Å²) in [4.78, 5) is 19.6. The lowest BCUT2D eigenvalue weighted by atomic mass is 10.3. The molecule has 4 rings (SSSR count). The number of ether oxygens (including phenoxy) is 1. The zero-order valence-electron chi connectivity index (χ0n) is 15.2. The van der Waals surface area contributed by atoms with E-state index in [9.17, 15) is 4.79 Å². The van der Waals surface area contributed by atoms with E-state index in [1.165, 1.54) is 0 Å². The Kier molecular flexibility index (Phi) is 4.58. The summed E-state index contributed by atoms with van der Waals surface area (Å²) in [6.45, 7) is 2.66. The number of hydrogen-bond acceptors (Lipinski definition) is 8. The summed E-state index contributed by atoms with van der Waals surface area (Å²) in [6, 6.07) is 8.85. The normalized spacial score (nSPS) is 10.8. The Hall–Kier alpha value is -3.95. The number of aryl methyl sites for hydroxylation is 1. The van der Waals surface area contributed by atoms with E-state index in [1.807, 2.05) is 17.6 Å². The smallest absolute Gasteiger partial charge is 0.221 e. The fourth-order valence-corrected chi connectivity index (χ4v) is 2.90. The minimum absolute atomic E-state index is 0.407. The molecule has 0 aliphatic rings. The SMILES string of the molecule is CCn1c(-c2nonc2NC)nc2cnc(Oc3cccc(NC=O)c3)cc21. The van der Waals surface area contributed by atoms with Gasteiger partial charge in [0.05, 0.1) is 11.7 Å². The number of nitrogens with one attached hydrogen (secondary N) is 2. The first-order valence-corrected chi connectivity index (χ1v) is 8.58. The first-order chi connectivity index (χ1) is 13.7. The number of anilines is 2. The number of benzene rings is 1. The first-order valence-electron chi connectivity index (χ1n) is 8.58. The van der Waals surface area contributed by atoms with E-state index in [1.54, 1.807) is 37.5 Å². The number of rotatable bonds is 7. The predicted octanol–water partition coefficient (Wildman–Crippen LogP) is 2.90. The largest absolute Gasteiger partial charge is 0.439 e. The molecule has 0 radical (unpaired) electrons. The second-order valence-electron chi connectivity index (χ2n) is 5.79. The molecule has 1 aromatic carbocycles. The molecule has 3 heterocycles. The topological polar surface area (TPSA) is 120 Å². The second kappa shape index (κ2) is 7.35. The van der Waals surface area contributed by atoms with Crippen molar-refractivity contribution in [3.63, 3.8) is 0 Å². The highest BCUT2D eigenvalue weighted by Crippen LogP contribution is 2.30. The molecule has 0 atom stereocenters. The fraction of sp³-hybridized carbons (Fsp3) is 0.167. The molecule has 0 fully saturated rings. The molecular weight excluding hydrogens is 362 g/mol. The van der Waals surface area contributed by atoms with Gasteiger partial charge in [0.25, 0.3) is 0 Å². The van der Waals surface area contributed by atoms with E-state index in [0.717, 1.165) is 5.52 Å². The Labute approximate surface area is 159 Å². The summed E-state index contributed by atoms with van der Waals surface area (Å²) in [5, 5.41) is 13.3. The van der Waals surface area contributed by atoms with Crippen molar-refractivity contribution in [1.82, 2.24) is 24.8 Å². The van der Waals surface area contributed by atoms with Crippen molar-refractivity contribution < 1.29 is 14.2 Å². The van der Waals surface area contributed by atoms with Crippen LogP contribution in [-0.4, -0.2) is 38.3 Å². The lowest BCUT2D eigenvalue weighted by Gasteiger charge is -2.08. The summed E-state index contributed by atoms with van der Waals surface area (Å²) in [7, 11) is 1.74. The van der Waals surface area contributed by atoms with Crippen LogP contribution in [-0.2, 0) is 11.3 Å². The molecule has 0 unspecified atom stereocenters. The number of fused-ring (bicyclic) bond motifs is 1. The van der Waals surface area contributed by atoms with Crippen LogP contribution in [0.25, 0.3) is 22.6 Å². The molecule has 10 heteroatoms. The van der Waals surface area contributed by atoms with Crippen LogP contribution in [0.2, 0.25) is 0 Å². The number of amides is 1. The number of carbonyl (C=O) groups is 1. The minimum atomic E-state index is 0.407. The van der Waals surface area contributed by atoms with Gasteiger partial charge < -0.3 is 19.9 Å². The minimum Gasteiger partial charge on any atom is -0.439 e. The van der Waals surface area contributed by atoms with Crippen LogP contribution in [0.3, 0.4) is 0 Å². The Morgan fingerprint density at radius 1 is 1.29 bits per heavy atom. The predicted molar refractivity (Wildman–Crippen MR) is 102 cm³/mol. The molecule has 28 heavy (non-hydrogen) atoms. The van der Waals surface area contributed by atoms with Gasteiger partial charge in [-0.2, -0.15) is 0 Å². The van der Waals surface area contributed by atoms with E-state index < -0.39 is 0 Å². The standard InChI is InChI=1S/C18H17N7O3/c1-3-25-14-8-15(27-12-6-4-5-11(7-12)21-10-26)20-9-13(14)22-18(25)16-17(19-2)24-28-23-16/h4-10H,3H2,1-2H3,(H,19,24)(H,21,26). The van der Waals surface area contributed by atoms with Gasteiger partial charge in [-0.05, 0) is 29.4 Å². The van der Waals surface area contributed by atoms with Gasteiger partial charge in [-0.1, -0.05) is 6.07 Å². The van der Waals surface area contributed by atoms with E-state index in [0.29, 0.717) is 53.1 Å². The van der Waals surface area contributed by atoms with Gasteiger partial charge in [-0.25, -0.2) is 14.6 Å². The zero-order valence-corrected chi connectivity index (χ0v) is 15.2. The van der Waals surface area contributed by atoms with Crippen molar-refractivity contribution >= 4 is 28.9 Å². The lowest BCUT2D eigenvalue weighted by molar-refractivity contribution is -0.105. The van der Waals surface area contributed by atoms with Crippen LogP contribution < -0.4 is 15.4 Å². The molecule has 0 aliphatic heterocycles. The molecule has 0 saturated carbocycles. The van der Waals surface area contributed by atoms with Crippen LogP contribution in [0, 0.1) is 0 Å². The average molecular weight is 379 g/mol. The summed E-state index contributed by atoms with van der Waals surface area (Å²) < 4.78 is 12.7. The Bertz CT molecular complexity index is 1140. The van der Waals surface area contributed by atoms with Gasteiger partial charge in [-0.15, -0.1) is 0 Å². The third kappa shape index (κ3) is 3.11. The van der Waals surface area contributed by atoms with Crippen LogP contribution in [0.15, 0.2) is 41.2 Å². The number of nitrogens with zero attached hydrogens (tertiary/aromatic N) is 5. The van der Waals surface area contributed by atoms with Crippen molar-refractivity contribution in [2.75, 3.05) is 17.7 Å². The second-order valence-corrected chi connectivity index (χ2v) is 5.79. The van der Waals surface area contributed by atoms with Gasteiger partial charge in [0, 0.05) is 31.4 Å². The van der Waals surface area contributed by atoms with Gasteiger partial charge in [-0.3, -0.25) is 4.79 Å². The van der Waals surface area contributed by atoms with Gasteiger partial charge in [0.1, 0.15) is 11.3 Å². The molecule has 3 aromatic heterocycles. The number of hydrogen-bond donors (Lipinski definition) is 2. The van der Waals surface area contributed by atoms with Crippen molar-refractivity contribution in [2.24, 2.45) is 0 Å². The van der Waals surface area contributed by atoms with Crippen molar-refractivity contribution in [3.8, 4) is 23.1 Å². The maximum absolute atomic E-state index is 10.6. The quantitative estimate of drug-likeness (QED) is 0.470. The van der Waals surface area contributed by atoms with Crippen LogP contribution in [0.5, 0.6) is 11.6 Å². The Balaban J connectivity index is 1.73. The highest BCUT2D eigenvalue weighted by Gasteiger charge is 2.20. The van der Waals surface area contributed by atoms with E-state index in [2.05, 4.69) is 30.9 Å². The van der Waals surface area contributed by atoms with E-state index in [-0.39, 0.29) is 0 Å². The monoisotopic (exact) mass is 379 g/mol. The molecule has 4 aromatic rings. The molecule has 0 saturated heterocycles. The summed E-state index contributed by atoms with van der Waals surface area (Å²) >= 11 is 0. The molecule has 142 valence electrons. The highest BCUT2D eigenvalue weighted by molar-refractivity contribution is 5.82. The van der Waals surface area contributed by atoms with Crippen LogP contribution in [0.4, 0.5) is 11.5 Å². The number of aromatic nitrogens is 5. The highest BCUT2D eigenvalue weighted by atomic mass is 16.6. The van der Waals surface area contributed by atoms with E-state index in [4.69, 9.17) is 9.37 Å². The summed E-state index contributed by atoms with van der Waals surface area (Å²) in [6.07, 6.45) is 2.25. The summed E-state index contributed by atoms with van der Waals surface area (Å²) in [5.41, 5.74) is 2.70. The molecule has 10 nitrogen and oxygen atoms in total. The van der Waals surface area contributed by atoms with Crippen molar-refractivity contribution in [3.05, 3.63) is 36.5 Å². The van der Waals surface area contributed by atoms with Gasteiger partial charge >= 0.3 is 0 Å². The summed E-state index contributed by atoms with van der Waals surface area (Å²) in [5.74, 6) is 2.09. The molecule has 1 amide bonds. The molecule has 0 spiro atoms. The lowest BCUT2D eigenvalue weighted by Crippen LogP contribution is -2.00. The van der Waals surface area contributed by atoms with Crippen molar-refractivity contribution in [2.45, 2.75) is 13.5 Å². The zero-order chi connectivity index (χ0) is 19.5. The Morgan fingerprint density at radius 3 is 2.96 bits per heavy atom. The van der Waals surface area contributed by atoms with Gasteiger partial charge in [0.2, 0.25) is 18.1 Å². The molecule has 0 aliphatic carbocycles. The fourth-order valence-electron chi connectivity index (χ4n) is 2.90. The maximum Gasteiger partial charge on any atom is 0.221 e. The van der Waals surface area contributed by atoms with E-state index >= 15 is 0 Å². The Morgan fingerprint density at radius 2 is 2.18 bits per heavy atom. The molecule has 0 bridgehead atoms. The molecule has 2 N–H and O–H groups in total. The third-order valence-electron chi connectivity index (χ3n) is 4.14.